The van der Waals surface area contributed by atoms with Crippen LogP contribution in [0.15, 0.2) is 48.5 Å². The molecule has 1 atom stereocenters. The van der Waals surface area contributed by atoms with Crippen LogP contribution in [0, 0.1) is 6.92 Å². The predicted octanol–water partition coefficient (Wildman–Crippen LogP) is 3.10. The van der Waals surface area contributed by atoms with Crippen LogP contribution >= 0.6 is 0 Å². The first-order chi connectivity index (χ1) is 12.9. The molecule has 5 heteroatoms. The van der Waals surface area contributed by atoms with Crippen molar-refractivity contribution in [3.8, 4) is 5.75 Å². The molecule has 0 aliphatic heterocycles. The van der Waals surface area contributed by atoms with Crippen LogP contribution in [0.2, 0.25) is 0 Å². The van der Waals surface area contributed by atoms with E-state index in [0.717, 1.165) is 17.5 Å². The van der Waals surface area contributed by atoms with E-state index >= 15 is 0 Å². The van der Waals surface area contributed by atoms with Gasteiger partial charge in [0.15, 0.2) is 6.61 Å². The number of nitrogens with zero attached hydrogens (tertiary/aromatic N) is 1. The van der Waals surface area contributed by atoms with Crippen molar-refractivity contribution in [2.24, 2.45) is 0 Å². The highest BCUT2D eigenvalue weighted by molar-refractivity contribution is 5.87. The Balaban J connectivity index is 2.09. The zero-order chi connectivity index (χ0) is 19.8. The van der Waals surface area contributed by atoms with Gasteiger partial charge in [0.1, 0.15) is 11.8 Å². The van der Waals surface area contributed by atoms with Crippen LogP contribution in [0.25, 0.3) is 0 Å². The van der Waals surface area contributed by atoms with E-state index in [1.807, 2.05) is 55.5 Å². The number of benzene rings is 2. The van der Waals surface area contributed by atoms with Crippen molar-refractivity contribution in [1.82, 2.24) is 10.2 Å². The summed E-state index contributed by atoms with van der Waals surface area (Å²) in [5.74, 6) is 0.206. The summed E-state index contributed by atoms with van der Waals surface area (Å²) in [5.41, 5.74) is 3.33. The highest BCUT2D eigenvalue weighted by Gasteiger charge is 2.25. The molecule has 0 radical (unpaired) electrons. The van der Waals surface area contributed by atoms with Gasteiger partial charge in [0, 0.05) is 13.6 Å². The third-order valence-corrected chi connectivity index (χ3v) is 4.58. The lowest BCUT2D eigenvalue weighted by atomic mass is 10.1. The average Bonchev–Trinajstić information content (AvgIpc) is 2.70. The third kappa shape index (κ3) is 5.84. The molecule has 0 aliphatic carbocycles. The second kappa shape index (κ2) is 9.76. The van der Waals surface area contributed by atoms with E-state index in [-0.39, 0.29) is 18.4 Å². The van der Waals surface area contributed by atoms with Gasteiger partial charge < -0.3 is 15.0 Å². The molecule has 144 valence electrons. The minimum atomic E-state index is -0.588. The van der Waals surface area contributed by atoms with Gasteiger partial charge in [-0.1, -0.05) is 48.9 Å². The van der Waals surface area contributed by atoms with Crippen molar-refractivity contribution in [2.75, 3.05) is 13.7 Å². The number of carbonyl (C=O) groups is 2. The first kappa shape index (κ1) is 20.5. The fraction of sp³-hybridized carbons (Fsp3) is 0.364. The lowest BCUT2D eigenvalue weighted by Crippen LogP contribution is -2.48. The van der Waals surface area contributed by atoms with Crippen LogP contribution in [-0.2, 0) is 22.6 Å². The van der Waals surface area contributed by atoms with E-state index in [4.69, 9.17) is 4.74 Å². The highest BCUT2D eigenvalue weighted by Crippen LogP contribution is 2.14. The Morgan fingerprint density at radius 1 is 1.04 bits per heavy atom. The molecule has 2 rings (SSSR count). The van der Waals surface area contributed by atoms with Gasteiger partial charge in [-0.2, -0.15) is 0 Å². The van der Waals surface area contributed by atoms with Crippen molar-refractivity contribution >= 4 is 11.8 Å². The molecule has 0 saturated heterocycles. The van der Waals surface area contributed by atoms with E-state index in [1.165, 1.54) is 5.56 Å². The number of hydrogen-bond donors (Lipinski definition) is 1. The normalized spacial score (nSPS) is 11.6. The summed E-state index contributed by atoms with van der Waals surface area (Å²) in [7, 11) is 1.57. The Kier molecular flexibility index (Phi) is 7.41. The molecule has 1 N–H and O–H groups in total. The number of likely N-dealkylation sites (N-methyl/N-ethyl adjacent to an activating group) is 1. The third-order valence-electron chi connectivity index (χ3n) is 4.58. The second-order valence-electron chi connectivity index (χ2n) is 6.58. The lowest BCUT2D eigenvalue weighted by molar-refractivity contribution is -0.142. The van der Waals surface area contributed by atoms with Crippen LogP contribution < -0.4 is 10.1 Å². The number of rotatable bonds is 8. The number of hydrogen-bond acceptors (Lipinski definition) is 3. The molecule has 0 spiro atoms. The molecule has 0 heterocycles. The summed E-state index contributed by atoms with van der Waals surface area (Å²) in [4.78, 5) is 26.4. The van der Waals surface area contributed by atoms with Crippen LogP contribution in [-0.4, -0.2) is 36.4 Å². The standard InChI is InChI=1S/C22H28N2O3/c1-5-18-10-12-20(13-11-18)27-15-21(25)24(17(3)22(26)23-4)14-19-8-6-16(2)7-9-19/h6-13,17H,5,14-15H2,1-4H3,(H,23,26)/t17-/m0/s1. The van der Waals surface area contributed by atoms with Crippen molar-refractivity contribution in [2.45, 2.75) is 39.8 Å². The molecular weight excluding hydrogens is 340 g/mol. The molecule has 0 aromatic heterocycles. The summed E-state index contributed by atoms with van der Waals surface area (Å²) in [5, 5.41) is 2.61. The first-order valence-corrected chi connectivity index (χ1v) is 9.23. The Bertz CT molecular complexity index is 754. The largest absolute Gasteiger partial charge is 0.484 e. The predicted molar refractivity (Wildman–Crippen MR) is 107 cm³/mol. The summed E-state index contributed by atoms with van der Waals surface area (Å²) in [6, 6.07) is 15.0. The lowest BCUT2D eigenvalue weighted by Gasteiger charge is -2.28. The summed E-state index contributed by atoms with van der Waals surface area (Å²) < 4.78 is 5.65. The number of ether oxygens (including phenoxy) is 1. The van der Waals surface area contributed by atoms with E-state index in [0.29, 0.717) is 12.3 Å². The quantitative estimate of drug-likeness (QED) is 0.779. The Morgan fingerprint density at radius 3 is 2.19 bits per heavy atom. The molecule has 27 heavy (non-hydrogen) atoms. The van der Waals surface area contributed by atoms with Gasteiger partial charge >= 0.3 is 0 Å². The van der Waals surface area contributed by atoms with E-state index < -0.39 is 6.04 Å². The van der Waals surface area contributed by atoms with Crippen molar-refractivity contribution in [1.29, 1.82) is 0 Å². The number of nitrogens with one attached hydrogen (secondary N) is 1. The highest BCUT2D eigenvalue weighted by atomic mass is 16.5. The van der Waals surface area contributed by atoms with Gasteiger partial charge in [0.25, 0.3) is 5.91 Å². The summed E-state index contributed by atoms with van der Waals surface area (Å²) in [6.45, 7) is 6.06. The molecule has 0 bridgehead atoms. The van der Waals surface area contributed by atoms with Crippen LogP contribution in [0.5, 0.6) is 5.75 Å². The molecule has 2 aromatic rings. The minimum Gasteiger partial charge on any atom is -0.484 e. The van der Waals surface area contributed by atoms with Gasteiger partial charge in [-0.25, -0.2) is 0 Å². The van der Waals surface area contributed by atoms with Gasteiger partial charge in [-0.05, 0) is 43.5 Å². The molecular formula is C22H28N2O3. The van der Waals surface area contributed by atoms with Gasteiger partial charge in [-0.15, -0.1) is 0 Å². The number of carbonyl (C=O) groups excluding carboxylic acids is 2. The maximum absolute atomic E-state index is 12.8. The maximum atomic E-state index is 12.8. The van der Waals surface area contributed by atoms with Gasteiger partial charge in [-0.3, -0.25) is 9.59 Å². The maximum Gasteiger partial charge on any atom is 0.261 e. The minimum absolute atomic E-state index is 0.112. The topological polar surface area (TPSA) is 58.6 Å². The van der Waals surface area contributed by atoms with Crippen LogP contribution in [0.1, 0.15) is 30.5 Å². The van der Waals surface area contributed by atoms with Crippen LogP contribution in [0.4, 0.5) is 0 Å². The Hall–Kier alpha value is -2.82. The van der Waals surface area contributed by atoms with E-state index in [9.17, 15) is 9.59 Å². The smallest absolute Gasteiger partial charge is 0.261 e. The van der Waals surface area contributed by atoms with Gasteiger partial charge in [0.05, 0.1) is 0 Å². The zero-order valence-electron chi connectivity index (χ0n) is 16.5. The molecule has 5 nitrogen and oxygen atoms in total. The average molecular weight is 368 g/mol. The monoisotopic (exact) mass is 368 g/mol. The fourth-order valence-electron chi connectivity index (χ4n) is 2.73. The zero-order valence-corrected chi connectivity index (χ0v) is 16.5. The fourth-order valence-corrected chi connectivity index (χ4v) is 2.73. The molecule has 0 fully saturated rings. The van der Waals surface area contributed by atoms with E-state index in [2.05, 4.69) is 12.2 Å². The second-order valence-corrected chi connectivity index (χ2v) is 6.58. The van der Waals surface area contributed by atoms with E-state index in [1.54, 1.807) is 18.9 Å². The number of amides is 2. The van der Waals surface area contributed by atoms with Crippen LogP contribution in [0.3, 0.4) is 0 Å². The molecule has 0 saturated carbocycles. The molecule has 2 amide bonds. The summed E-state index contributed by atoms with van der Waals surface area (Å²) in [6.07, 6.45) is 0.952. The molecule has 2 aromatic carbocycles. The molecule has 0 unspecified atom stereocenters. The SMILES string of the molecule is CCc1ccc(OCC(=O)N(Cc2ccc(C)cc2)[C@@H](C)C(=O)NC)cc1. The first-order valence-electron chi connectivity index (χ1n) is 9.23. The van der Waals surface area contributed by atoms with Crippen molar-refractivity contribution in [3.05, 3.63) is 65.2 Å². The van der Waals surface area contributed by atoms with Gasteiger partial charge in [0.2, 0.25) is 5.91 Å². The number of aryl methyl sites for hydroxylation is 2. The van der Waals surface area contributed by atoms with Crippen molar-refractivity contribution in [3.63, 3.8) is 0 Å². The summed E-state index contributed by atoms with van der Waals surface area (Å²) >= 11 is 0. The Morgan fingerprint density at radius 2 is 1.63 bits per heavy atom. The Labute approximate surface area is 161 Å². The van der Waals surface area contributed by atoms with Crippen molar-refractivity contribution < 1.29 is 14.3 Å². The molecule has 0 aliphatic rings.